The van der Waals surface area contributed by atoms with Crippen molar-refractivity contribution in [2.24, 2.45) is 0 Å². The maximum Gasteiger partial charge on any atom is 0.372 e. The third kappa shape index (κ3) is 5.37. The van der Waals surface area contributed by atoms with E-state index in [9.17, 15) is 9.59 Å². The van der Waals surface area contributed by atoms with Crippen LogP contribution in [0.5, 0.6) is 0 Å². The molecule has 21 heavy (non-hydrogen) atoms. The van der Waals surface area contributed by atoms with E-state index in [1.54, 1.807) is 20.8 Å². The number of carboxylic acids is 1. The number of rotatable bonds is 7. The van der Waals surface area contributed by atoms with Gasteiger partial charge in [0, 0.05) is 11.6 Å². The second-order valence-corrected chi connectivity index (χ2v) is 4.76. The second-order valence-electron chi connectivity index (χ2n) is 4.76. The summed E-state index contributed by atoms with van der Waals surface area (Å²) in [4.78, 5) is 31.6. The molecule has 0 aliphatic carbocycles. The SMILES string of the molecule is CCC(=CC(=O)O)C(=O)OOOC(C)(C)c1ccccc1. The van der Waals surface area contributed by atoms with E-state index >= 15 is 0 Å². The summed E-state index contributed by atoms with van der Waals surface area (Å²) in [7, 11) is 0. The molecule has 6 nitrogen and oxygen atoms in total. The summed E-state index contributed by atoms with van der Waals surface area (Å²) in [6.45, 7) is 5.11. The lowest BCUT2D eigenvalue weighted by atomic mass is 9.99. The van der Waals surface area contributed by atoms with E-state index in [2.05, 4.69) is 9.93 Å². The van der Waals surface area contributed by atoms with Gasteiger partial charge in [-0.25, -0.2) is 9.59 Å². The Hall–Kier alpha value is -2.18. The van der Waals surface area contributed by atoms with Crippen LogP contribution >= 0.6 is 0 Å². The zero-order valence-corrected chi connectivity index (χ0v) is 12.2. The fourth-order valence-corrected chi connectivity index (χ4v) is 1.53. The summed E-state index contributed by atoms with van der Waals surface area (Å²) in [6, 6.07) is 9.24. The molecule has 0 aromatic heterocycles. The van der Waals surface area contributed by atoms with Gasteiger partial charge in [0.05, 0.1) is 0 Å². The molecule has 1 N–H and O–H groups in total. The lowest BCUT2D eigenvalue weighted by molar-refractivity contribution is -0.519. The molecule has 0 heterocycles. The van der Waals surface area contributed by atoms with Crippen LogP contribution in [0.1, 0.15) is 32.8 Å². The van der Waals surface area contributed by atoms with E-state index in [-0.39, 0.29) is 12.0 Å². The maximum atomic E-state index is 11.6. The van der Waals surface area contributed by atoms with Gasteiger partial charge in [0.15, 0.2) is 0 Å². The summed E-state index contributed by atoms with van der Waals surface area (Å²) in [5.41, 5.74) is -0.0220. The van der Waals surface area contributed by atoms with Crippen molar-refractivity contribution in [1.82, 2.24) is 0 Å². The minimum absolute atomic E-state index is 0.0244. The third-order valence-electron chi connectivity index (χ3n) is 2.76. The van der Waals surface area contributed by atoms with Gasteiger partial charge in [-0.05, 0) is 30.9 Å². The Morgan fingerprint density at radius 2 is 1.86 bits per heavy atom. The summed E-state index contributed by atoms with van der Waals surface area (Å²) in [5.74, 6) is -2.13. The molecule has 0 aliphatic heterocycles. The molecule has 6 heteroatoms. The molecule has 0 saturated carbocycles. The number of hydrogen-bond acceptors (Lipinski definition) is 5. The molecule has 1 rings (SSSR count). The molecule has 0 fully saturated rings. The van der Waals surface area contributed by atoms with Gasteiger partial charge in [-0.15, -0.1) is 0 Å². The van der Waals surface area contributed by atoms with Crippen LogP contribution in [0, 0.1) is 0 Å². The predicted octanol–water partition coefficient (Wildman–Crippen LogP) is 2.75. The van der Waals surface area contributed by atoms with Gasteiger partial charge < -0.3 is 5.11 Å². The Balaban J connectivity index is 2.57. The highest BCUT2D eigenvalue weighted by molar-refractivity contribution is 5.95. The van der Waals surface area contributed by atoms with Crippen LogP contribution in [0.15, 0.2) is 42.0 Å². The van der Waals surface area contributed by atoms with Crippen molar-refractivity contribution in [2.75, 3.05) is 0 Å². The van der Waals surface area contributed by atoms with Crippen molar-refractivity contribution in [3.8, 4) is 0 Å². The van der Waals surface area contributed by atoms with Crippen LogP contribution in [0.2, 0.25) is 0 Å². The zero-order valence-electron chi connectivity index (χ0n) is 12.2. The lowest BCUT2D eigenvalue weighted by Gasteiger charge is -2.22. The molecule has 0 atom stereocenters. The normalized spacial score (nSPS) is 12.0. The van der Waals surface area contributed by atoms with Crippen molar-refractivity contribution in [2.45, 2.75) is 32.8 Å². The Kier molecular flexibility index (Phi) is 6.08. The topological polar surface area (TPSA) is 82.1 Å². The fraction of sp³-hybridized carbons (Fsp3) is 0.333. The highest BCUT2D eigenvalue weighted by Crippen LogP contribution is 2.24. The first-order chi connectivity index (χ1) is 9.86. The number of benzene rings is 1. The van der Waals surface area contributed by atoms with Gasteiger partial charge in [-0.1, -0.05) is 37.3 Å². The lowest BCUT2D eigenvalue weighted by Crippen LogP contribution is -2.23. The van der Waals surface area contributed by atoms with Crippen LogP contribution in [0.4, 0.5) is 0 Å². The molecule has 0 spiro atoms. The number of carbonyl (C=O) groups is 2. The number of aliphatic carboxylic acids is 1. The highest BCUT2D eigenvalue weighted by atomic mass is 17.5. The molecular formula is C15H18O6. The summed E-state index contributed by atoms with van der Waals surface area (Å²) in [5, 5.41) is 13.1. The van der Waals surface area contributed by atoms with Gasteiger partial charge in [0.1, 0.15) is 5.60 Å². The van der Waals surface area contributed by atoms with E-state index in [0.29, 0.717) is 0 Å². The maximum absolute atomic E-state index is 11.6. The number of carboxylic acid groups (broad SMARTS) is 1. The molecule has 0 unspecified atom stereocenters. The van der Waals surface area contributed by atoms with Gasteiger partial charge in [0.2, 0.25) is 0 Å². The molecule has 0 amide bonds. The quantitative estimate of drug-likeness (QED) is 0.473. The second kappa shape index (κ2) is 7.56. The third-order valence-corrected chi connectivity index (χ3v) is 2.76. The van der Waals surface area contributed by atoms with E-state index in [1.807, 2.05) is 30.3 Å². The monoisotopic (exact) mass is 294 g/mol. The van der Waals surface area contributed by atoms with Crippen molar-refractivity contribution >= 4 is 11.9 Å². The first-order valence-electron chi connectivity index (χ1n) is 6.42. The summed E-state index contributed by atoms with van der Waals surface area (Å²) < 4.78 is 0. The van der Waals surface area contributed by atoms with E-state index in [0.717, 1.165) is 11.6 Å². The minimum atomic E-state index is -1.23. The van der Waals surface area contributed by atoms with Crippen LogP contribution in [0.3, 0.4) is 0 Å². The van der Waals surface area contributed by atoms with Gasteiger partial charge >= 0.3 is 11.9 Å². The molecule has 114 valence electrons. The molecule has 1 aromatic carbocycles. The van der Waals surface area contributed by atoms with Crippen LogP contribution in [-0.4, -0.2) is 17.0 Å². The van der Waals surface area contributed by atoms with Crippen molar-refractivity contribution in [3.63, 3.8) is 0 Å². The van der Waals surface area contributed by atoms with Crippen LogP contribution in [-0.2, 0) is 30.0 Å². The first-order valence-corrected chi connectivity index (χ1v) is 6.42. The average Bonchev–Trinajstić information content (AvgIpc) is 2.45. The first kappa shape index (κ1) is 16.9. The molecular weight excluding hydrogens is 276 g/mol. The van der Waals surface area contributed by atoms with E-state index in [1.165, 1.54) is 0 Å². The highest BCUT2D eigenvalue weighted by Gasteiger charge is 2.24. The summed E-state index contributed by atoms with van der Waals surface area (Å²) >= 11 is 0. The smallest absolute Gasteiger partial charge is 0.372 e. The Bertz CT molecular complexity index is 518. The molecule has 0 saturated heterocycles. The Labute approximate surface area is 122 Å². The Morgan fingerprint density at radius 1 is 1.24 bits per heavy atom. The van der Waals surface area contributed by atoms with E-state index in [4.69, 9.17) is 9.99 Å². The van der Waals surface area contributed by atoms with Gasteiger partial charge in [-0.3, -0.25) is 4.89 Å². The Morgan fingerprint density at radius 3 is 2.38 bits per heavy atom. The molecule has 1 aromatic rings. The molecule has 0 radical (unpaired) electrons. The zero-order chi connectivity index (χ0) is 15.9. The van der Waals surface area contributed by atoms with Gasteiger partial charge in [-0.2, -0.15) is 4.89 Å². The molecule has 0 bridgehead atoms. The number of hydrogen-bond donors (Lipinski definition) is 1. The predicted molar refractivity (Wildman–Crippen MR) is 73.7 cm³/mol. The van der Waals surface area contributed by atoms with Crippen molar-refractivity contribution in [3.05, 3.63) is 47.5 Å². The van der Waals surface area contributed by atoms with E-state index < -0.39 is 17.5 Å². The fourth-order valence-electron chi connectivity index (χ4n) is 1.53. The largest absolute Gasteiger partial charge is 0.478 e. The van der Waals surface area contributed by atoms with Gasteiger partial charge in [0.25, 0.3) is 0 Å². The van der Waals surface area contributed by atoms with Crippen molar-refractivity contribution in [1.29, 1.82) is 0 Å². The summed E-state index contributed by atoms with van der Waals surface area (Å²) in [6.07, 6.45) is 0.977. The standard InChI is InChI=1S/C15H18O6/c1-4-11(10-13(16)17)14(18)19-21-20-15(2,3)12-8-6-5-7-9-12/h5-10H,4H2,1-3H3,(H,16,17). The minimum Gasteiger partial charge on any atom is -0.478 e. The average molecular weight is 294 g/mol. The van der Waals surface area contributed by atoms with Crippen LogP contribution in [0.25, 0.3) is 0 Å². The van der Waals surface area contributed by atoms with Crippen molar-refractivity contribution < 1.29 is 29.5 Å². The number of carbonyl (C=O) groups excluding carboxylic acids is 1. The molecule has 0 aliphatic rings. The van der Waals surface area contributed by atoms with Crippen LogP contribution < -0.4 is 0 Å².